The lowest BCUT2D eigenvalue weighted by atomic mass is 10.4. The Morgan fingerprint density at radius 3 is 2.78 bits per heavy atom. The minimum atomic E-state index is -0.277. The van der Waals surface area contributed by atoms with Crippen molar-refractivity contribution in [1.29, 1.82) is 0 Å². The Labute approximate surface area is 54.1 Å². The first-order valence-electron chi connectivity index (χ1n) is 3.21. The van der Waals surface area contributed by atoms with Gasteiger partial charge in [0.2, 0.25) is 5.91 Å². The fourth-order valence-corrected chi connectivity index (χ4v) is 0.646. The van der Waals surface area contributed by atoms with Gasteiger partial charge >= 0.3 is 0 Å². The number of hydrogen-bond donors (Lipinski definition) is 2. The molecule has 0 radical (unpaired) electrons. The Kier molecular flexibility index (Phi) is 1.71. The third kappa shape index (κ3) is 1.68. The van der Waals surface area contributed by atoms with Crippen LogP contribution in [0.25, 0.3) is 0 Å². The zero-order chi connectivity index (χ0) is 6.85. The number of carbonyl (C=O) groups is 1. The molecule has 9 heavy (non-hydrogen) atoms. The van der Waals surface area contributed by atoms with E-state index in [1.165, 1.54) is 0 Å². The van der Waals surface area contributed by atoms with Gasteiger partial charge in [0.25, 0.3) is 0 Å². The van der Waals surface area contributed by atoms with Gasteiger partial charge in [-0.1, -0.05) is 6.92 Å². The number of nitrogens with one attached hydrogen (secondary N) is 1. The van der Waals surface area contributed by atoms with Crippen LogP contribution in [0.5, 0.6) is 0 Å². The summed E-state index contributed by atoms with van der Waals surface area (Å²) in [5, 5.41) is 11.4. The number of rotatable bonds is 2. The zero-order valence-corrected chi connectivity index (χ0v) is 5.42. The predicted molar refractivity (Wildman–Crippen MR) is 32.8 cm³/mol. The molecule has 0 aliphatic heterocycles. The van der Waals surface area contributed by atoms with Gasteiger partial charge in [-0.05, 0) is 6.42 Å². The molecule has 0 aromatic carbocycles. The lowest BCUT2D eigenvalue weighted by Crippen LogP contribution is -2.26. The Bertz CT molecular complexity index is 124. The van der Waals surface area contributed by atoms with E-state index >= 15 is 0 Å². The van der Waals surface area contributed by atoms with Crippen LogP contribution in [0.4, 0.5) is 0 Å². The Balaban J connectivity index is 2.12. The SMILES string of the molecule is CCC(=O)N[C@@H]1C[C@H]1O. The van der Waals surface area contributed by atoms with E-state index in [0.29, 0.717) is 6.42 Å². The van der Waals surface area contributed by atoms with E-state index in [1.807, 2.05) is 0 Å². The van der Waals surface area contributed by atoms with Crippen LogP contribution in [-0.2, 0) is 4.79 Å². The van der Waals surface area contributed by atoms with Gasteiger partial charge in [-0.3, -0.25) is 4.79 Å². The van der Waals surface area contributed by atoms with Crippen LogP contribution in [0.15, 0.2) is 0 Å². The van der Waals surface area contributed by atoms with Crippen LogP contribution in [0.3, 0.4) is 0 Å². The van der Waals surface area contributed by atoms with E-state index in [2.05, 4.69) is 5.32 Å². The molecule has 0 spiro atoms. The molecule has 1 rings (SSSR count). The van der Waals surface area contributed by atoms with Crippen LogP contribution in [0, 0.1) is 0 Å². The molecule has 0 unspecified atom stereocenters. The molecule has 1 aliphatic carbocycles. The van der Waals surface area contributed by atoms with E-state index in [4.69, 9.17) is 5.11 Å². The van der Waals surface area contributed by atoms with Crippen molar-refractivity contribution >= 4 is 5.91 Å². The largest absolute Gasteiger partial charge is 0.391 e. The summed E-state index contributed by atoms with van der Waals surface area (Å²) in [5.41, 5.74) is 0. The van der Waals surface area contributed by atoms with Gasteiger partial charge in [-0.2, -0.15) is 0 Å². The van der Waals surface area contributed by atoms with Crippen molar-refractivity contribution in [3.63, 3.8) is 0 Å². The molecule has 1 amide bonds. The molecule has 0 aromatic heterocycles. The Morgan fingerprint density at radius 1 is 1.89 bits per heavy atom. The second-order valence-corrected chi connectivity index (χ2v) is 2.33. The molecular formula is C6H11NO2. The molecule has 1 aliphatic rings. The fourth-order valence-electron chi connectivity index (χ4n) is 0.646. The highest BCUT2D eigenvalue weighted by atomic mass is 16.3. The Hall–Kier alpha value is -0.570. The third-order valence-electron chi connectivity index (χ3n) is 1.42. The fraction of sp³-hybridized carbons (Fsp3) is 0.833. The van der Waals surface area contributed by atoms with Crippen molar-refractivity contribution in [2.24, 2.45) is 0 Å². The van der Waals surface area contributed by atoms with Gasteiger partial charge in [0.05, 0.1) is 12.1 Å². The topological polar surface area (TPSA) is 49.3 Å². The van der Waals surface area contributed by atoms with Crippen LogP contribution in [0.2, 0.25) is 0 Å². The molecule has 52 valence electrons. The number of amides is 1. The maximum Gasteiger partial charge on any atom is 0.220 e. The molecule has 1 fully saturated rings. The van der Waals surface area contributed by atoms with Crippen LogP contribution in [0.1, 0.15) is 19.8 Å². The van der Waals surface area contributed by atoms with Crippen molar-refractivity contribution in [2.45, 2.75) is 31.9 Å². The van der Waals surface area contributed by atoms with Gasteiger partial charge in [-0.25, -0.2) is 0 Å². The monoisotopic (exact) mass is 129 g/mol. The van der Waals surface area contributed by atoms with Gasteiger partial charge in [0, 0.05) is 6.42 Å². The lowest BCUT2D eigenvalue weighted by molar-refractivity contribution is -0.121. The van der Waals surface area contributed by atoms with E-state index in [-0.39, 0.29) is 18.1 Å². The number of aliphatic hydroxyl groups excluding tert-OH is 1. The van der Waals surface area contributed by atoms with Crippen molar-refractivity contribution in [2.75, 3.05) is 0 Å². The smallest absolute Gasteiger partial charge is 0.220 e. The molecule has 3 nitrogen and oxygen atoms in total. The summed E-state index contributed by atoms with van der Waals surface area (Å²) in [6.07, 6.45) is 0.954. The van der Waals surface area contributed by atoms with E-state index in [1.54, 1.807) is 6.92 Å². The maximum atomic E-state index is 10.6. The van der Waals surface area contributed by atoms with E-state index < -0.39 is 0 Å². The summed E-state index contributed by atoms with van der Waals surface area (Å²) in [6, 6.07) is 0.0532. The average Bonchev–Trinajstić information content (AvgIpc) is 2.47. The lowest BCUT2D eigenvalue weighted by Gasteiger charge is -1.97. The van der Waals surface area contributed by atoms with Gasteiger partial charge in [0.1, 0.15) is 0 Å². The van der Waals surface area contributed by atoms with E-state index in [9.17, 15) is 4.79 Å². The highest BCUT2D eigenvalue weighted by molar-refractivity contribution is 5.76. The summed E-state index contributed by atoms with van der Waals surface area (Å²) >= 11 is 0. The molecule has 0 saturated heterocycles. The Morgan fingerprint density at radius 2 is 2.44 bits per heavy atom. The second-order valence-electron chi connectivity index (χ2n) is 2.33. The summed E-state index contributed by atoms with van der Waals surface area (Å²) in [7, 11) is 0. The second kappa shape index (κ2) is 2.35. The van der Waals surface area contributed by atoms with Crippen LogP contribution >= 0.6 is 0 Å². The first kappa shape index (κ1) is 6.55. The standard InChI is InChI=1S/C6H11NO2/c1-2-6(9)7-4-3-5(4)8/h4-5,8H,2-3H2,1H3,(H,7,9)/t4-,5-/m1/s1. The average molecular weight is 129 g/mol. The summed E-state index contributed by atoms with van der Waals surface area (Å²) < 4.78 is 0. The van der Waals surface area contributed by atoms with Crippen molar-refractivity contribution in [3.8, 4) is 0 Å². The van der Waals surface area contributed by atoms with Crippen LogP contribution in [-0.4, -0.2) is 23.2 Å². The highest BCUT2D eigenvalue weighted by Gasteiger charge is 2.35. The normalized spacial score (nSPS) is 31.8. The summed E-state index contributed by atoms with van der Waals surface area (Å²) in [6.45, 7) is 1.80. The quantitative estimate of drug-likeness (QED) is 0.535. The zero-order valence-electron chi connectivity index (χ0n) is 5.42. The maximum absolute atomic E-state index is 10.6. The minimum absolute atomic E-state index is 0.0246. The number of hydrogen-bond acceptors (Lipinski definition) is 2. The van der Waals surface area contributed by atoms with Gasteiger partial charge in [-0.15, -0.1) is 0 Å². The minimum Gasteiger partial charge on any atom is -0.391 e. The molecule has 3 heteroatoms. The van der Waals surface area contributed by atoms with Crippen molar-refractivity contribution in [1.82, 2.24) is 5.32 Å². The molecular weight excluding hydrogens is 118 g/mol. The summed E-state index contributed by atoms with van der Waals surface area (Å²) in [4.78, 5) is 10.6. The molecule has 2 N–H and O–H groups in total. The highest BCUT2D eigenvalue weighted by Crippen LogP contribution is 2.19. The van der Waals surface area contributed by atoms with Crippen molar-refractivity contribution in [3.05, 3.63) is 0 Å². The number of aliphatic hydroxyl groups is 1. The predicted octanol–water partition coefficient (Wildman–Crippen LogP) is -0.354. The third-order valence-corrected chi connectivity index (χ3v) is 1.42. The van der Waals surface area contributed by atoms with Crippen molar-refractivity contribution < 1.29 is 9.90 Å². The van der Waals surface area contributed by atoms with Crippen LogP contribution < -0.4 is 5.32 Å². The molecule has 2 atom stereocenters. The molecule has 0 bridgehead atoms. The van der Waals surface area contributed by atoms with Gasteiger partial charge < -0.3 is 10.4 Å². The molecule has 0 aromatic rings. The summed E-state index contributed by atoms with van der Waals surface area (Å²) in [5.74, 6) is 0.0246. The number of carbonyl (C=O) groups excluding carboxylic acids is 1. The molecule has 0 heterocycles. The first-order chi connectivity index (χ1) is 4.24. The first-order valence-corrected chi connectivity index (χ1v) is 3.21. The molecule has 1 saturated carbocycles. The van der Waals surface area contributed by atoms with Gasteiger partial charge in [0.15, 0.2) is 0 Å². The van der Waals surface area contributed by atoms with E-state index in [0.717, 1.165) is 6.42 Å².